The SMILES string of the molecule is O=c1[nH]c(C2COCCO2)nc(O)c1I. The number of halogens is 1. The quantitative estimate of drug-likeness (QED) is 0.720. The highest BCUT2D eigenvalue weighted by atomic mass is 127. The number of hydrogen-bond donors (Lipinski definition) is 2. The molecule has 0 amide bonds. The molecule has 82 valence electrons. The molecule has 1 aromatic rings. The van der Waals surface area contributed by atoms with Gasteiger partial charge in [0.15, 0.2) is 0 Å². The summed E-state index contributed by atoms with van der Waals surface area (Å²) in [5.74, 6) is 0.0288. The van der Waals surface area contributed by atoms with E-state index >= 15 is 0 Å². The Morgan fingerprint density at radius 1 is 1.53 bits per heavy atom. The Bertz CT molecular complexity index is 414. The van der Waals surface area contributed by atoms with Crippen molar-refractivity contribution in [3.63, 3.8) is 0 Å². The molecule has 1 aliphatic heterocycles. The van der Waals surface area contributed by atoms with Crippen LogP contribution in [0.4, 0.5) is 0 Å². The molecule has 2 rings (SSSR count). The number of aromatic amines is 1. The highest BCUT2D eigenvalue weighted by Crippen LogP contribution is 2.19. The predicted molar refractivity (Wildman–Crippen MR) is 58.8 cm³/mol. The number of hydrogen-bond acceptors (Lipinski definition) is 5. The molecule has 7 heteroatoms. The fourth-order valence-electron chi connectivity index (χ4n) is 1.26. The lowest BCUT2D eigenvalue weighted by molar-refractivity contribution is -0.0937. The molecule has 15 heavy (non-hydrogen) atoms. The Kier molecular flexibility index (Phi) is 3.22. The van der Waals surface area contributed by atoms with Crippen LogP contribution in [0.3, 0.4) is 0 Å². The van der Waals surface area contributed by atoms with Gasteiger partial charge in [-0.15, -0.1) is 0 Å². The number of nitrogens with one attached hydrogen (secondary N) is 1. The van der Waals surface area contributed by atoms with E-state index in [0.29, 0.717) is 25.6 Å². The van der Waals surface area contributed by atoms with Crippen molar-refractivity contribution in [3.05, 3.63) is 19.7 Å². The average molecular weight is 324 g/mol. The second-order valence-electron chi connectivity index (χ2n) is 3.02. The molecule has 0 aliphatic carbocycles. The molecule has 1 fully saturated rings. The monoisotopic (exact) mass is 324 g/mol. The summed E-state index contributed by atoms with van der Waals surface area (Å²) in [5, 5.41) is 9.38. The van der Waals surface area contributed by atoms with Crippen molar-refractivity contribution in [2.24, 2.45) is 0 Å². The topological polar surface area (TPSA) is 84.4 Å². The van der Waals surface area contributed by atoms with E-state index in [1.54, 1.807) is 22.6 Å². The minimum atomic E-state index is -0.408. The van der Waals surface area contributed by atoms with Crippen molar-refractivity contribution in [3.8, 4) is 5.88 Å². The Morgan fingerprint density at radius 3 is 2.93 bits per heavy atom. The zero-order chi connectivity index (χ0) is 10.8. The molecule has 2 N–H and O–H groups in total. The van der Waals surface area contributed by atoms with Gasteiger partial charge in [0.2, 0.25) is 5.88 Å². The van der Waals surface area contributed by atoms with Crippen LogP contribution in [0.25, 0.3) is 0 Å². The van der Waals surface area contributed by atoms with E-state index in [0.717, 1.165) is 0 Å². The summed E-state index contributed by atoms with van der Waals surface area (Å²) in [5.41, 5.74) is -0.368. The van der Waals surface area contributed by atoms with Crippen LogP contribution in [0.5, 0.6) is 5.88 Å². The summed E-state index contributed by atoms with van der Waals surface area (Å²) in [7, 11) is 0. The lowest BCUT2D eigenvalue weighted by atomic mass is 10.3. The second kappa shape index (κ2) is 4.45. The largest absolute Gasteiger partial charge is 0.492 e. The van der Waals surface area contributed by atoms with Gasteiger partial charge in [0.1, 0.15) is 15.5 Å². The summed E-state index contributed by atoms with van der Waals surface area (Å²) in [6.07, 6.45) is -0.408. The molecular formula is C8H9IN2O4. The van der Waals surface area contributed by atoms with Gasteiger partial charge < -0.3 is 19.6 Å². The Morgan fingerprint density at radius 2 is 2.33 bits per heavy atom. The van der Waals surface area contributed by atoms with Crippen LogP contribution in [-0.4, -0.2) is 34.9 Å². The minimum Gasteiger partial charge on any atom is -0.492 e. The molecule has 1 unspecified atom stereocenters. The molecule has 0 spiro atoms. The summed E-state index contributed by atoms with van der Waals surface area (Å²) >= 11 is 1.73. The van der Waals surface area contributed by atoms with Gasteiger partial charge in [-0.1, -0.05) is 0 Å². The maximum atomic E-state index is 11.3. The van der Waals surface area contributed by atoms with Gasteiger partial charge >= 0.3 is 0 Å². The molecule has 1 atom stereocenters. The van der Waals surface area contributed by atoms with E-state index in [2.05, 4.69) is 9.97 Å². The Balaban J connectivity index is 2.32. The van der Waals surface area contributed by atoms with Crippen LogP contribution in [0.1, 0.15) is 11.9 Å². The molecule has 1 aliphatic rings. The smallest absolute Gasteiger partial charge is 0.268 e. The number of ether oxygens (including phenoxy) is 2. The van der Waals surface area contributed by atoms with Crippen molar-refractivity contribution >= 4 is 22.6 Å². The lowest BCUT2D eigenvalue weighted by Gasteiger charge is -2.21. The standard InChI is InChI=1S/C8H9IN2O4/c9-5-7(12)10-6(11-8(5)13)4-3-14-1-2-15-4/h4H,1-3H2,(H2,10,11,12,13). The van der Waals surface area contributed by atoms with Crippen molar-refractivity contribution in [2.45, 2.75) is 6.10 Å². The number of nitrogens with zero attached hydrogens (tertiary/aromatic N) is 1. The van der Waals surface area contributed by atoms with Crippen LogP contribution >= 0.6 is 22.6 Å². The number of H-pyrrole nitrogens is 1. The van der Waals surface area contributed by atoms with E-state index in [1.807, 2.05) is 0 Å². The third-order valence-electron chi connectivity index (χ3n) is 1.98. The number of aromatic nitrogens is 2. The van der Waals surface area contributed by atoms with Crippen molar-refractivity contribution in [2.75, 3.05) is 19.8 Å². The highest BCUT2D eigenvalue weighted by Gasteiger charge is 2.20. The van der Waals surface area contributed by atoms with E-state index in [9.17, 15) is 9.90 Å². The molecule has 2 heterocycles. The third-order valence-corrected chi connectivity index (χ3v) is 2.96. The first-order valence-electron chi connectivity index (χ1n) is 4.36. The van der Waals surface area contributed by atoms with Crippen LogP contribution in [0.2, 0.25) is 0 Å². The van der Waals surface area contributed by atoms with Gasteiger partial charge in [0.05, 0.1) is 19.8 Å². The van der Waals surface area contributed by atoms with Crippen LogP contribution in [-0.2, 0) is 9.47 Å². The maximum Gasteiger partial charge on any atom is 0.268 e. The molecule has 0 bridgehead atoms. The first kappa shape index (κ1) is 10.8. The van der Waals surface area contributed by atoms with Crippen LogP contribution in [0, 0.1) is 3.57 Å². The first-order valence-corrected chi connectivity index (χ1v) is 5.44. The molecule has 6 nitrogen and oxygen atoms in total. The van der Waals surface area contributed by atoms with E-state index < -0.39 is 6.10 Å². The normalized spacial score (nSPS) is 21.5. The summed E-state index contributed by atoms with van der Waals surface area (Å²) in [4.78, 5) is 17.7. The molecule has 1 aromatic heterocycles. The average Bonchev–Trinajstić information content (AvgIpc) is 2.26. The van der Waals surface area contributed by atoms with Gasteiger partial charge in [0, 0.05) is 0 Å². The van der Waals surface area contributed by atoms with Crippen molar-refractivity contribution in [1.82, 2.24) is 9.97 Å². The molecule has 0 radical (unpaired) electrons. The highest BCUT2D eigenvalue weighted by molar-refractivity contribution is 14.1. The van der Waals surface area contributed by atoms with Crippen LogP contribution in [0.15, 0.2) is 4.79 Å². The Labute approximate surface area is 98.8 Å². The maximum absolute atomic E-state index is 11.3. The fraction of sp³-hybridized carbons (Fsp3) is 0.500. The molecule has 0 aromatic carbocycles. The van der Waals surface area contributed by atoms with E-state index in [-0.39, 0.29) is 15.0 Å². The molecule has 1 saturated heterocycles. The van der Waals surface area contributed by atoms with Crippen LogP contribution < -0.4 is 5.56 Å². The van der Waals surface area contributed by atoms with E-state index in [1.165, 1.54) is 0 Å². The zero-order valence-corrected chi connectivity index (χ0v) is 9.85. The minimum absolute atomic E-state index is 0.174. The zero-order valence-electron chi connectivity index (χ0n) is 7.70. The van der Waals surface area contributed by atoms with E-state index in [4.69, 9.17) is 9.47 Å². The lowest BCUT2D eigenvalue weighted by Crippen LogP contribution is -2.26. The van der Waals surface area contributed by atoms with Crippen molar-refractivity contribution in [1.29, 1.82) is 0 Å². The number of rotatable bonds is 1. The summed E-state index contributed by atoms with van der Waals surface area (Å²) < 4.78 is 10.7. The van der Waals surface area contributed by atoms with Gasteiger partial charge in [-0.3, -0.25) is 4.79 Å². The van der Waals surface area contributed by atoms with Gasteiger partial charge in [-0.2, -0.15) is 4.98 Å². The van der Waals surface area contributed by atoms with Gasteiger partial charge in [-0.05, 0) is 22.6 Å². The number of aromatic hydroxyl groups is 1. The molecule has 0 saturated carbocycles. The third kappa shape index (κ3) is 2.29. The second-order valence-corrected chi connectivity index (χ2v) is 4.10. The Hall–Kier alpha value is -0.670. The summed E-state index contributed by atoms with van der Waals surface area (Å²) in [6.45, 7) is 1.33. The van der Waals surface area contributed by atoms with Gasteiger partial charge in [-0.25, -0.2) is 0 Å². The van der Waals surface area contributed by atoms with Crippen molar-refractivity contribution < 1.29 is 14.6 Å². The summed E-state index contributed by atoms with van der Waals surface area (Å²) in [6, 6.07) is 0. The van der Waals surface area contributed by atoms with Gasteiger partial charge in [0.25, 0.3) is 5.56 Å². The first-order chi connectivity index (χ1) is 7.18. The molecular weight excluding hydrogens is 315 g/mol. The predicted octanol–water partition coefficient (Wildman–Crippen LogP) is 0.168. The fourth-order valence-corrected chi connectivity index (χ4v) is 1.52.